The van der Waals surface area contributed by atoms with E-state index in [2.05, 4.69) is 10.6 Å². The lowest BCUT2D eigenvalue weighted by molar-refractivity contribution is -0.131. The SMILES string of the molecule is COc1ccc(Cl)cc1C(=O)NCCNC(=O)c1cccc(OC(C)=O)c1. The van der Waals surface area contributed by atoms with Crippen LogP contribution in [-0.2, 0) is 4.79 Å². The number of carbonyl (C=O) groups excluding carboxylic acids is 3. The van der Waals surface area contributed by atoms with Gasteiger partial charge in [0.2, 0.25) is 0 Å². The zero-order chi connectivity index (χ0) is 19.8. The van der Waals surface area contributed by atoms with Gasteiger partial charge in [0.05, 0.1) is 12.7 Å². The van der Waals surface area contributed by atoms with Gasteiger partial charge >= 0.3 is 5.97 Å². The van der Waals surface area contributed by atoms with Gasteiger partial charge in [-0.3, -0.25) is 14.4 Å². The second kappa shape index (κ2) is 9.59. The van der Waals surface area contributed by atoms with Crippen LogP contribution in [0.25, 0.3) is 0 Å². The monoisotopic (exact) mass is 390 g/mol. The van der Waals surface area contributed by atoms with E-state index in [1.165, 1.54) is 26.2 Å². The summed E-state index contributed by atoms with van der Waals surface area (Å²) >= 11 is 5.91. The fourth-order valence-electron chi connectivity index (χ4n) is 2.27. The zero-order valence-corrected chi connectivity index (χ0v) is 15.6. The Balaban J connectivity index is 1.86. The topological polar surface area (TPSA) is 93.7 Å². The summed E-state index contributed by atoms with van der Waals surface area (Å²) in [6.45, 7) is 1.71. The fourth-order valence-corrected chi connectivity index (χ4v) is 2.45. The van der Waals surface area contributed by atoms with E-state index in [0.29, 0.717) is 21.9 Å². The number of esters is 1. The predicted molar refractivity (Wildman–Crippen MR) is 100 cm³/mol. The third-order valence-electron chi connectivity index (χ3n) is 3.46. The van der Waals surface area contributed by atoms with Crippen molar-refractivity contribution in [3.05, 3.63) is 58.6 Å². The third kappa shape index (κ3) is 6.00. The summed E-state index contributed by atoms with van der Waals surface area (Å²) in [5, 5.41) is 5.78. The fraction of sp³-hybridized carbons (Fsp3) is 0.211. The first-order valence-corrected chi connectivity index (χ1v) is 8.47. The minimum absolute atomic E-state index is 0.212. The number of nitrogens with one attached hydrogen (secondary N) is 2. The highest BCUT2D eigenvalue weighted by Crippen LogP contribution is 2.22. The van der Waals surface area contributed by atoms with Crippen molar-refractivity contribution in [2.24, 2.45) is 0 Å². The molecule has 0 unspecified atom stereocenters. The average Bonchev–Trinajstić information content (AvgIpc) is 2.64. The van der Waals surface area contributed by atoms with Gasteiger partial charge < -0.3 is 20.1 Å². The highest BCUT2D eigenvalue weighted by atomic mass is 35.5. The molecule has 0 saturated carbocycles. The maximum absolute atomic E-state index is 12.2. The summed E-state index contributed by atoms with van der Waals surface area (Å²) in [5.74, 6) is -0.481. The van der Waals surface area contributed by atoms with Gasteiger partial charge in [0.15, 0.2) is 0 Å². The van der Waals surface area contributed by atoms with Crippen LogP contribution in [0.5, 0.6) is 11.5 Å². The Kier molecular flexibility index (Phi) is 7.19. The molecule has 2 N–H and O–H groups in total. The molecule has 0 spiro atoms. The van der Waals surface area contributed by atoms with E-state index in [1.54, 1.807) is 30.3 Å². The lowest BCUT2D eigenvalue weighted by Gasteiger charge is -2.10. The highest BCUT2D eigenvalue weighted by Gasteiger charge is 2.13. The van der Waals surface area contributed by atoms with Gasteiger partial charge in [-0.05, 0) is 36.4 Å². The summed E-state index contributed by atoms with van der Waals surface area (Å²) < 4.78 is 10.1. The van der Waals surface area contributed by atoms with Crippen LogP contribution in [0.1, 0.15) is 27.6 Å². The van der Waals surface area contributed by atoms with Crippen molar-refractivity contribution in [3.63, 3.8) is 0 Å². The van der Waals surface area contributed by atoms with E-state index in [0.717, 1.165) is 0 Å². The predicted octanol–water partition coefficient (Wildman–Crippen LogP) is 2.43. The molecular weight excluding hydrogens is 372 g/mol. The summed E-state index contributed by atoms with van der Waals surface area (Å²) in [7, 11) is 1.46. The van der Waals surface area contributed by atoms with E-state index in [-0.39, 0.29) is 30.7 Å². The molecule has 2 amide bonds. The maximum Gasteiger partial charge on any atom is 0.308 e. The van der Waals surface area contributed by atoms with Crippen molar-refractivity contribution in [2.45, 2.75) is 6.92 Å². The Bertz CT molecular complexity index is 854. The molecule has 0 aromatic heterocycles. The smallest absolute Gasteiger partial charge is 0.308 e. The first-order chi connectivity index (χ1) is 12.9. The van der Waals surface area contributed by atoms with Gasteiger partial charge in [0, 0.05) is 30.6 Å². The Morgan fingerprint density at radius 3 is 2.37 bits per heavy atom. The van der Waals surface area contributed by atoms with E-state index in [4.69, 9.17) is 21.1 Å². The van der Waals surface area contributed by atoms with Gasteiger partial charge in [0.1, 0.15) is 11.5 Å². The van der Waals surface area contributed by atoms with Crippen LogP contribution in [0.4, 0.5) is 0 Å². The van der Waals surface area contributed by atoms with E-state index in [9.17, 15) is 14.4 Å². The molecule has 0 aliphatic carbocycles. The minimum Gasteiger partial charge on any atom is -0.496 e. The largest absolute Gasteiger partial charge is 0.496 e. The van der Waals surface area contributed by atoms with Crippen LogP contribution < -0.4 is 20.1 Å². The Hall–Kier alpha value is -3.06. The molecule has 0 fully saturated rings. The Morgan fingerprint density at radius 2 is 1.70 bits per heavy atom. The summed E-state index contributed by atoms with van der Waals surface area (Å²) in [6.07, 6.45) is 0. The van der Waals surface area contributed by atoms with Crippen LogP contribution in [-0.4, -0.2) is 38.0 Å². The molecule has 0 aliphatic rings. The summed E-state index contributed by atoms with van der Waals surface area (Å²) in [5.41, 5.74) is 0.655. The van der Waals surface area contributed by atoms with Crippen LogP contribution >= 0.6 is 11.6 Å². The zero-order valence-electron chi connectivity index (χ0n) is 14.9. The normalized spacial score (nSPS) is 10.0. The third-order valence-corrected chi connectivity index (χ3v) is 3.70. The van der Waals surface area contributed by atoms with Crippen LogP contribution in [0.2, 0.25) is 5.02 Å². The first kappa shape index (κ1) is 20.3. The second-order valence-corrected chi connectivity index (χ2v) is 5.91. The van der Waals surface area contributed by atoms with Crippen LogP contribution in [0.15, 0.2) is 42.5 Å². The van der Waals surface area contributed by atoms with Gasteiger partial charge in [-0.1, -0.05) is 17.7 Å². The molecule has 7 nitrogen and oxygen atoms in total. The molecule has 27 heavy (non-hydrogen) atoms. The van der Waals surface area contributed by atoms with Crippen molar-refractivity contribution >= 4 is 29.4 Å². The molecule has 0 atom stereocenters. The van der Waals surface area contributed by atoms with Crippen LogP contribution in [0, 0.1) is 0 Å². The summed E-state index contributed by atoms with van der Waals surface area (Å²) in [6, 6.07) is 11.0. The number of rotatable bonds is 7. The van der Waals surface area contributed by atoms with Crippen molar-refractivity contribution < 1.29 is 23.9 Å². The quantitative estimate of drug-likeness (QED) is 0.430. The molecule has 0 radical (unpaired) electrons. The Labute approximate surface area is 161 Å². The standard InChI is InChI=1S/C19H19ClN2O5/c1-12(23)27-15-5-3-4-13(10-15)18(24)21-8-9-22-19(25)16-11-14(20)6-7-17(16)26-2/h3-7,10-11H,8-9H2,1-2H3,(H,21,24)(H,22,25). The molecule has 8 heteroatoms. The molecule has 2 aromatic rings. The minimum atomic E-state index is -0.466. The number of methoxy groups -OCH3 is 1. The van der Waals surface area contributed by atoms with Crippen LogP contribution in [0.3, 0.4) is 0 Å². The number of amides is 2. The van der Waals surface area contributed by atoms with Crippen molar-refractivity contribution in [3.8, 4) is 11.5 Å². The van der Waals surface area contributed by atoms with Gasteiger partial charge in [-0.25, -0.2) is 0 Å². The number of hydrogen-bond acceptors (Lipinski definition) is 5. The van der Waals surface area contributed by atoms with E-state index < -0.39 is 5.97 Å². The van der Waals surface area contributed by atoms with E-state index in [1.807, 2.05) is 0 Å². The highest BCUT2D eigenvalue weighted by molar-refractivity contribution is 6.31. The van der Waals surface area contributed by atoms with Gasteiger partial charge in [0.25, 0.3) is 11.8 Å². The molecule has 2 aromatic carbocycles. The number of ether oxygens (including phenoxy) is 2. The number of hydrogen-bond donors (Lipinski definition) is 2. The second-order valence-electron chi connectivity index (χ2n) is 5.48. The Morgan fingerprint density at radius 1 is 1.00 bits per heavy atom. The first-order valence-electron chi connectivity index (χ1n) is 8.09. The summed E-state index contributed by atoms with van der Waals surface area (Å²) in [4.78, 5) is 35.3. The molecule has 2 rings (SSSR count). The van der Waals surface area contributed by atoms with E-state index >= 15 is 0 Å². The van der Waals surface area contributed by atoms with Gasteiger partial charge in [-0.2, -0.15) is 0 Å². The lowest BCUT2D eigenvalue weighted by Crippen LogP contribution is -2.34. The van der Waals surface area contributed by atoms with Crippen molar-refractivity contribution in [1.29, 1.82) is 0 Å². The average molecular weight is 391 g/mol. The lowest BCUT2D eigenvalue weighted by atomic mass is 10.2. The molecule has 0 aliphatic heterocycles. The number of benzene rings is 2. The van der Waals surface area contributed by atoms with Crippen molar-refractivity contribution in [2.75, 3.05) is 20.2 Å². The van der Waals surface area contributed by atoms with Crippen molar-refractivity contribution in [1.82, 2.24) is 10.6 Å². The number of carbonyl (C=O) groups is 3. The molecule has 0 bridgehead atoms. The number of halogens is 1. The molecule has 0 saturated heterocycles. The van der Waals surface area contributed by atoms with Gasteiger partial charge in [-0.15, -0.1) is 0 Å². The maximum atomic E-state index is 12.2. The molecule has 142 valence electrons. The molecular formula is C19H19ClN2O5. The molecule has 0 heterocycles.